The average molecular weight is 285 g/mol. The van der Waals surface area contributed by atoms with E-state index in [1.807, 2.05) is 25.1 Å². The topological polar surface area (TPSA) is 61.8 Å². The summed E-state index contributed by atoms with van der Waals surface area (Å²) in [7, 11) is 0. The van der Waals surface area contributed by atoms with Gasteiger partial charge in [-0.15, -0.1) is 0 Å². The third-order valence-electron chi connectivity index (χ3n) is 3.12. The Kier molecular flexibility index (Phi) is 4.50. The minimum absolute atomic E-state index is 0.125. The highest BCUT2D eigenvalue weighted by molar-refractivity contribution is 6.30. The Hall–Kier alpha value is -1.46. The second kappa shape index (κ2) is 6.12. The summed E-state index contributed by atoms with van der Waals surface area (Å²) in [4.78, 5) is 12.3. The molecule has 0 bridgehead atoms. The zero-order valence-corrected chi connectivity index (χ0v) is 11.5. The van der Waals surface area contributed by atoms with Crippen molar-refractivity contribution in [2.45, 2.75) is 13.0 Å². The maximum atomic E-state index is 10.9. The Morgan fingerprint density at radius 2 is 2.42 bits per heavy atom. The van der Waals surface area contributed by atoms with Crippen molar-refractivity contribution in [1.82, 2.24) is 4.90 Å². The lowest BCUT2D eigenvalue weighted by Gasteiger charge is -2.31. The minimum Gasteiger partial charge on any atom is -0.465 e. The van der Waals surface area contributed by atoms with Crippen LogP contribution in [-0.4, -0.2) is 48.4 Å². The molecule has 0 aliphatic carbocycles. The van der Waals surface area contributed by atoms with E-state index in [-0.39, 0.29) is 6.10 Å². The fraction of sp³-hybridized carbons (Fsp3) is 0.462. The van der Waals surface area contributed by atoms with Gasteiger partial charge < -0.3 is 20.1 Å². The van der Waals surface area contributed by atoms with Crippen molar-refractivity contribution in [3.05, 3.63) is 28.8 Å². The van der Waals surface area contributed by atoms with E-state index in [1.54, 1.807) is 0 Å². The molecule has 1 unspecified atom stereocenters. The van der Waals surface area contributed by atoms with Crippen molar-refractivity contribution < 1.29 is 14.6 Å². The highest BCUT2D eigenvalue weighted by atomic mass is 35.5. The monoisotopic (exact) mass is 284 g/mol. The summed E-state index contributed by atoms with van der Waals surface area (Å²) in [6.45, 7) is 3.82. The highest BCUT2D eigenvalue weighted by Crippen LogP contribution is 2.19. The Morgan fingerprint density at radius 1 is 1.63 bits per heavy atom. The van der Waals surface area contributed by atoms with Crippen LogP contribution in [0.1, 0.15) is 5.56 Å². The van der Waals surface area contributed by atoms with E-state index in [0.29, 0.717) is 31.3 Å². The summed E-state index contributed by atoms with van der Waals surface area (Å²) in [5.41, 5.74) is 2.04. The van der Waals surface area contributed by atoms with Crippen LogP contribution in [0.3, 0.4) is 0 Å². The average Bonchev–Trinajstić information content (AvgIpc) is 2.38. The second-order valence-corrected chi connectivity index (χ2v) is 5.00. The van der Waals surface area contributed by atoms with Crippen LogP contribution in [0.15, 0.2) is 18.2 Å². The summed E-state index contributed by atoms with van der Waals surface area (Å²) >= 11 is 5.90. The van der Waals surface area contributed by atoms with Gasteiger partial charge in [0.1, 0.15) is 0 Å². The van der Waals surface area contributed by atoms with Gasteiger partial charge in [0.15, 0.2) is 0 Å². The SMILES string of the molecule is Cc1cc(Cl)ccc1NCC1CN(C(=O)O)CCO1. The Balaban J connectivity index is 1.89. The predicted molar refractivity (Wildman–Crippen MR) is 74.0 cm³/mol. The number of halogens is 1. The zero-order chi connectivity index (χ0) is 13.8. The van der Waals surface area contributed by atoms with E-state index in [0.717, 1.165) is 11.3 Å². The number of carboxylic acid groups (broad SMARTS) is 1. The van der Waals surface area contributed by atoms with E-state index < -0.39 is 6.09 Å². The summed E-state index contributed by atoms with van der Waals surface area (Å²) in [5.74, 6) is 0. The van der Waals surface area contributed by atoms with Gasteiger partial charge in [-0.05, 0) is 30.7 Å². The van der Waals surface area contributed by atoms with Crippen molar-refractivity contribution >= 4 is 23.4 Å². The molecule has 1 amide bonds. The Labute approximate surface area is 117 Å². The number of rotatable bonds is 3. The number of carbonyl (C=O) groups is 1. The zero-order valence-electron chi connectivity index (χ0n) is 10.7. The molecule has 6 heteroatoms. The number of amides is 1. The number of aryl methyl sites for hydroxylation is 1. The number of anilines is 1. The van der Waals surface area contributed by atoms with Crippen LogP contribution in [0.25, 0.3) is 0 Å². The van der Waals surface area contributed by atoms with Crippen molar-refractivity contribution in [3.63, 3.8) is 0 Å². The quantitative estimate of drug-likeness (QED) is 0.895. The van der Waals surface area contributed by atoms with Crippen molar-refractivity contribution in [3.8, 4) is 0 Å². The molecule has 19 heavy (non-hydrogen) atoms. The molecule has 0 saturated carbocycles. The molecule has 1 atom stereocenters. The number of nitrogens with zero attached hydrogens (tertiary/aromatic N) is 1. The van der Waals surface area contributed by atoms with Gasteiger partial charge in [-0.3, -0.25) is 0 Å². The van der Waals surface area contributed by atoms with E-state index in [2.05, 4.69) is 5.32 Å². The number of nitrogens with one attached hydrogen (secondary N) is 1. The summed E-state index contributed by atoms with van der Waals surface area (Å²) in [6, 6.07) is 5.62. The lowest BCUT2D eigenvalue weighted by atomic mass is 10.2. The number of benzene rings is 1. The van der Waals surface area contributed by atoms with Crippen LogP contribution in [0.5, 0.6) is 0 Å². The molecule has 104 valence electrons. The molecule has 5 nitrogen and oxygen atoms in total. The third-order valence-corrected chi connectivity index (χ3v) is 3.35. The molecule has 2 rings (SSSR count). The molecular weight excluding hydrogens is 268 g/mol. The standard InChI is InChI=1S/C13H17ClN2O3/c1-9-6-10(14)2-3-12(9)15-7-11-8-16(13(17)18)4-5-19-11/h2-3,6,11,15H,4-5,7-8H2,1H3,(H,17,18). The molecule has 1 heterocycles. The van der Waals surface area contributed by atoms with E-state index in [4.69, 9.17) is 21.4 Å². The molecule has 1 aliphatic rings. The fourth-order valence-corrected chi connectivity index (χ4v) is 2.29. The van der Waals surface area contributed by atoms with Crippen LogP contribution < -0.4 is 5.32 Å². The van der Waals surface area contributed by atoms with Gasteiger partial charge >= 0.3 is 6.09 Å². The summed E-state index contributed by atoms with van der Waals surface area (Å²) < 4.78 is 5.55. The molecule has 1 saturated heterocycles. The van der Waals surface area contributed by atoms with Crippen molar-refractivity contribution in [2.24, 2.45) is 0 Å². The van der Waals surface area contributed by atoms with Gasteiger partial charge in [-0.1, -0.05) is 11.6 Å². The summed E-state index contributed by atoms with van der Waals surface area (Å²) in [6.07, 6.45) is -1.02. The van der Waals surface area contributed by atoms with Gasteiger partial charge in [0.25, 0.3) is 0 Å². The maximum Gasteiger partial charge on any atom is 0.407 e. The normalized spacial score (nSPS) is 19.3. The van der Waals surface area contributed by atoms with E-state index >= 15 is 0 Å². The largest absolute Gasteiger partial charge is 0.465 e. The molecule has 1 fully saturated rings. The molecule has 0 aromatic heterocycles. The minimum atomic E-state index is -0.893. The predicted octanol–water partition coefficient (Wildman–Crippen LogP) is 2.44. The number of hydrogen-bond donors (Lipinski definition) is 2. The van der Waals surface area contributed by atoms with Gasteiger partial charge in [-0.2, -0.15) is 0 Å². The fourth-order valence-electron chi connectivity index (χ4n) is 2.07. The van der Waals surface area contributed by atoms with Gasteiger partial charge in [0, 0.05) is 23.8 Å². The molecule has 0 spiro atoms. The molecule has 0 radical (unpaired) electrons. The molecule has 1 aliphatic heterocycles. The van der Waals surface area contributed by atoms with Gasteiger partial charge in [0.2, 0.25) is 0 Å². The number of morpholine rings is 1. The van der Waals surface area contributed by atoms with Crippen molar-refractivity contribution in [2.75, 3.05) is 31.6 Å². The van der Waals surface area contributed by atoms with Crippen LogP contribution in [0.2, 0.25) is 5.02 Å². The molecule has 1 aromatic rings. The first-order chi connectivity index (χ1) is 9.06. The van der Waals surface area contributed by atoms with Gasteiger partial charge in [0.05, 0.1) is 19.3 Å². The number of ether oxygens (including phenoxy) is 1. The lowest BCUT2D eigenvalue weighted by Crippen LogP contribution is -2.47. The number of hydrogen-bond acceptors (Lipinski definition) is 3. The van der Waals surface area contributed by atoms with E-state index in [1.165, 1.54) is 4.90 Å². The second-order valence-electron chi connectivity index (χ2n) is 4.56. The van der Waals surface area contributed by atoms with Gasteiger partial charge in [-0.25, -0.2) is 4.79 Å². The van der Waals surface area contributed by atoms with Crippen LogP contribution >= 0.6 is 11.6 Å². The molecule has 1 aromatic carbocycles. The summed E-state index contributed by atoms with van der Waals surface area (Å²) in [5, 5.41) is 12.9. The first-order valence-electron chi connectivity index (χ1n) is 6.16. The smallest absolute Gasteiger partial charge is 0.407 e. The van der Waals surface area contributed by atoms with Crippen LogP contribution in [-0.2, 0) is 4.74 Å². The first kappa shape index (κ1) is 14.0. The Morgan fingerprint density at radius 3 is 3.11 bits per heavy atom. The Bertz CT molecular complexity index is 467. The van der Waals surface area contributed by atoms with Crippen LogP contribution in [0, 0.1) is 6.92 Å². The van der Waals surface area contributed by atoms with Crippen LogP contribution in [0.4, 0.5) is 10.5 Å². The molecule has 2 N–H and O–H groups in total. The molecular formula is C13H17ClN2O3. The maximum absolute atomic E-state index is 10.9. The van der Waals surface area contributed by atoms with E-state index in [9.17, 15) is 4.79 Å². The lowest BCUT2D eigenvalue weighted by molar-refractivity contribution is -0.0147. The first-order valence-corrected chi connectivity index (χ1v) is 6.53. The van der Waals surface area contributed by atoms with Crippen molar-refractivity contribution in [1.29, 1.82) is 0 Å². The third kappa shape index (κ3) is 3.75. The highest BCUT2D eigenvalue weighted by Gasteiger charge is 2.23.